The maximum absolute atomic E-state index is 10.6. The number of carboxylic acid groups (broad SMARTS) is 1. The molecule has 2 aliphatic rings. The van der Waals surface area contributed by atoms with Crippen molar-refractivity contribution in [3.8, 4) is 0 Å². The van der Waals surface area contributed by atoms with Gasteiger partial charge in [0.1, 0.15) is 0 Å². The number of carboxylic acids is 1. The lowest BCUT2D eigenvalue weighted by Gasteiger charge is -2.54. The second-order valence-electron chi connectivity index (χ2n) is 9.93. The van der Waals surface area contributed by atoms with Crippen molar-refractivity contribution in [3.05, 3.63) is 0 Å². The lowest BCUT2D eigenvalue weighted by Crippen LogP contribution is -2.60. The summed E-state index contributed by atoms with van der Waals surface area (Å²) in [7, 11) is 0. The third kappa shape index (κ3) is 10.3. The van der Waals surface area contributed by atoms with Crippen LogP contribution in [0.2, 0.25) is 0 Å². The minimum absolute atomic E-state index is 0.329. The highest BCUT2D eigenvalue weighted by atomic mass is 16.5. The molecule has 0 aromatic rings. The molecule has 1 saturated carbocycles. The van der Waals surface area contributed by atoms with Crippen LogP contribution in [0, 0.1) is 5.41 Å². The van der Waals surface area contributed by atoms with Gasteiger partial charge in [0.25, 0.3) is 0 Å². The first kappa shape index (κ1) is 24.7. The first-order valence-electron chi connectivity index (χ1n) is 12.7. The Labute approximate surface area is 179 Å². The number of ether oxygens (including phenoxy) is 1. The summed E-state index contributed by atoms with van der Waals surface area (Å²) in [6.07, 6.45) is 22.3. The Balaban J connectivity index is 1.54. The molecule has 1 heterocycles. The zero-order chi connectivity index (χ0) is 20.8. The van der Waals surface area contributed by atoms with Crippen LogP contribution in [0.4, 0.5) is 0 Å². The molecule has 2 rings (SSSR count). The lowest BCUT2D eigenvalue weighted by molar-refractivity contribution is -0.168. The van der Waals surface area contributed by atoms with E-state index in [0.29, 0.717) is 23.9 Å². The summed E-state index contributed by atoms with van der Waals surface area (Å²) in [4.78, 5) is 10.6. The average Bonchev–Trinajstić information content (AvgIpc) is 2.63. The Morgan fingerprint density at radius 1 is 0.897 bits per heavy atom. The fourth-order valence-electron chi connectivity index (χ4n) is 5.10. The van der Waals surface area contributed by atoms with Gasteiger partial charge in [0.05, 0.1) is 13.2 Å². The van der Waals surface area contributed by atoms with E-state index in [1.54, 1.807) is 0 Å². The minimum Gasteiger partial charge on any atom is -0.481 e. The summed E-state index contributed by atoms with van der Waals surface area (Å²) in [5, 5.41) is 12.7. The van der Waals surface area contributed by atoms with Gasteiger partial charge in [-0.15, -0.1) is 0 Å². The van der Waals surface area contributed by atoms with Crippen LogP contribution >= 0.6 is 0 Å². The van der Waals surface area contributed by atoms with Gasteiger partial charge >= 0.3 is 5.97 Å². The van der Waals surface area contributed by atoms with Crippen molar-refractivity contribution in [1.82, 2.24) is 5.32 Å². The standard InChI is InChI=1S/C25H47NO3/c1-2-3-4-5-6-7-9-12-15-22(16-13-10-8-11-14-17-24(27)28)26-23-18-25(19-23)20-29-21-25/h22-23,26H,2-21H2,1H3,(H,27,28). The normalized spacial score (nSPS) is 19.1. The van der Waals surface area contributed by atoms with Crippen LogP contribution in [-0.2, 0) is 9.53 Å². The number of hydrogen-bond acceptors (Lipinski definition) is 3. The van der Waals surface area contributed by atoms with Crippen molar-refractivity contribution in [1.29, 1.82) is 0 Å². The second-order valence-corrected chi connectivity index (χ2v) is 9.93. The molecule has 0 aromatic carbocycles. The molecule has 2 fully saturated rings. The maximum atomic E-state index is 10.6. The number of unbranched alkanes of at least 4 members (excludes halogenated alkanes) is 11. The quantitative estimate of drug-likeness (QED) is 0.240. The van der Waals surface area contributed by atoms with Crippen LogP contribution in [0.15, 0.2) is 0 Å². The molecule has 0 amide bonds. The molecule has 0 radical (unpaired) electrons. The smallest absolute Gasteiger partial charge is 0.303 e. The second kappa shape index (κ2) is 14.4. The Bertz CT molecular complexity index is 428. The summed E-state index contributed by atoms with van der Waals surface area (Å²) in [6.45, 7) is 4.26. The summed E-state index contributed by atoms with van der Waals surface area (Å²) in [6, 6.07) is 1.39. The van der Waals surface area contributed by atoms with E-state index in [4.69, 9.17) is 9.84 Å². The number of nitrogens with one attached hydrogen (secondary N) is 1. The van der Waals surface area contributed by atoms with Crippen molar-refractivity contribution in [2.45, 2.75) is 135 Å². The van der Waals surface area contributed by atoms with Gasteiger partial charge in [-0.2, -0.15) is 0 Å². The highest BCUT2D eigenvalue weighted by molar-refractivity contribution is 5.66. The first-order valence-corrected chi connectivity index (χ1v) is 12.7. The van der Waals surface area contributed by atoms with Gasteiger partial charge in [0, 0.05) is 23.9 Å². The maximum Gasteiger partial charge on any atom is 0.303 e. The molecular weight excluding hydrogens is 362 g/mol. The predicted octanol–water partition coefficient (Wildman–Crippen LogP) is 6.47. The molecule has 0 bridgehead atoms. The zero-order valence-electron chi connectivity index (χ0n) is 19.1. The molecule has 170 valence electrons. The largest absolute Gasteiger partial charge is 0.481 e. The summed E-state index contributed by atoms with van der Waals surface area (Å²) >= 11 is 0. The third-order valence-corrected chi connectivity index (χ3v) is 7.00. The molecule has 1 aliphatic heterocycles. The molecule has 0 aromatic heterocycles. The van der Waals surface area contributed by atoms with E-state index in [-0.39, 0.29) is 0 Å². The van der Waals surface area contributed by atoms with Crippen molar-refractivity contribution >= 4 is 5.97 Å². The molecule has 1 atom stereocenters. The van der Waals surface area contributed by atoms with E-state index >= 15 is 0 Å². The molecule has 4 nitrogen and oxygen atoms in total. The monoisotopic (exact) mass is 409 g/mol. The zero-order valence-corrected chi connectivity index (χ0v) is 19.1. The van der Waals surface area contributed by atoms with Gasteiger partial charge in [0.2, 0.25) is 0 Å². The molecule has 4 heteroatoms. The van der Waals surface area contributed by atoms with Gasteiger partial charge in [-0.25, -0.2) is 0 Å². The molecule has 2 N–H and O–H groups in total. The van der Waals surface area contributed by atoms with E-state index in [1.807, 2.05) is 0 Å². The van der Waals surface area contributed by atoms with E-state index in [2.05, 4.69) is 12.2 Å². The van der Waals surface area contributed by atoms with Gasteiger partial charge < -0.3 is 15.2 Å². The van der Waals surface area contributed by atoms with Gasteiger partial charge in [-0.3, -0.25) is 4.79 Å². The average molecular weight is 410 g/mol. The van der Waals surface area contributed by atoms with Crippen LogP contribution < -0.4 is 5.32 Å². The van der Waals surface area contributed by atoms with Crippen molar-refractivity contribution in [2.75, 3.05) is 13.2 Å². The molecule has 1 aliphatic carbocycles. The van der Waals surface area contributed by atoms with E-state index in [0.717, 1.165) is 26.1 Å². The number of carbonyl (C=O) groups is 1. The molecule has 1 spiro atoms. The van der Waals surface area contributed by atoms with E-state index in [9.17, 15) is 4.79 Å². The highest BCUT2D eigenvalue weighted by Gasteiger charge is 2.49. The first-order chi connectivity index (χ1) is 14.1. The van der Waals surface area contributed by atoms with Crippen LogP contribution in [0.3, 0.4) is 0 Å². The van der Waals surface area contributed by atoms with Crippen LogP contribution in [0.1, 0.15) is 122 Å². The highest BCUT2D eigenvalue weighted by Crippen LogP contribution is 2.47. The van der Waals surface area contributed by atoms with Gasteiger partial charge in [0.15, 0.2) is 0 Å². The minimum atomic E-state index is -0.658. The topological polar surface area (TPSA) is 58.6 Å². The SMILES string of the molecule is CCCCCCCCCCC(CCCCCCCC(=O)O)NC1CC2(COC2)C1. The van der Waals surface area contributed by atoms with Crippen molar-refractivity contribution in [3.63, 3.8) is 0 Å². The van der Waals surface area contributed by atoms with Crippen molar-refractivity contribution in [2.24, 2.45) is 5.41 Å². The van der Waals surface area contributed by atoms with E-state index < -0.39 is 5.97 Å². The van der Waals surface area contributed by atoms with Crippen LogP contribution in [-0.4, -0.2) is 36.4 Å². The third-order valence-electron chi connectivity index (χ3n) is 7.00. The van der Waals surface area contributed by atoms with Crippen LogP contribution in [0.5, 0.6) is 0 Å². The molecule has 1 unspecified atom stereocenters. The molecule has 1 saturated heterocycles. The lowest BCUT2D eigenvalue weighted by atomic mass is 9.64. The Hall–Kier alpha value is -0.610. The summed E-state index contributed by atoms with van der Waals surface area (Å²) in [5.41, 5.74) is 0.546. The Kier molecular flexibility index (Phi) is 12.2. The van der Waals surface area contributed by atoms with Gasteiger partial charge in [-0.1, -0.05) is 84.0 Å². The fraction of sp³-hybridized carbons (Fsp3) is 0.960. The molecule has 29 heavy (non-hydrogen) atoms. The summed E-state index contributed by atoms with van der Waals surface area (Å²) in [5.74, 6) is -0.658. The number of hydrogen-bond donors (Lipinski definition) is 2. The van der Waals surface area contributed by atoms with Gasteiger partial charge in [-0.05, 0) is 32.1 Å². The summed E-state index contributed by atoms with van der Waals surface area (Å²) < 4.78 is 5.42. The Morgan fingerprint density at radius 3 is 1.90 bits per heavy atom. The predicted molar refractivity (Wildman–Crippen MR) is 120 cm³/mol. The number of rotatable bonds is 19. The molecular formula is C25H47NO3. The Morgan fingerprint density at radius 2 is 1.41 bits per heavy atom. The van der Waals surface area contributed by atoms with E-state index in [1.165, 1.54) is 96.3 Å². The fourth-order valence-corrected chi connectivity index (χ4v) is 5.10. The van der Waals surface area contributed by atoms with Crippen molar-refractivity contribution < 1.29 is 14.6 Å². The van der Waals surface area contributed by atoms with Crippen LogP contribution in [0.25, 0.3) is 0 Å². The number of aliphatic carboxylic acids is 1.